The molecule has 2 rings (SSSR count). The summed E-state index contributed by atoms with van der Waals surface area (Å²) >= 11 is 0. The molecule has 1 atom stereocenters. The first-order valence-corrected chi connectivity index (χ1v) is 10.1. The number of nitrogens with zero attached hydrogens (tertiary/aromatic N) is 1. The Hall–Kier alpha value is -2.12. The molecule has 1 fully saturated rings. The van der Waals surface area contributed by atoms with Crippen LogP contribution < -0.4 is 0 Å². The van der Waals surface area contributed by atoms with Crippen LogP contribution in [-0.2, 0) is 15.7 Å². The number of likely N-dealkylation sites (tertiary alicyclic amines) is 1. The Labute approximate surface area is 168 Å². The Balaban J connectivity index is 1.91. The van der Waals surface area contributed by atoms with Crippen molar-refractivity contribution in [1.82, 2.24) is 4.90 Å². The molecule has 1 aliphatic heterocycles. The molecular formula is C21H27F4NO3. The summed E-state index contributed by atoms with van der Waals surface area (Å²) in [7, 11) is 0. The number of esters is 1. The monoisotopic (exact) mass is 417 g/mol. The molecule has 1 aliphatic rings. The zero-order valence-corrected chi connectivity index (χ0v) is 16.6. The van der Waals surface area contributed by atoms with Gasteiger partial charge in [-0.05, 0) is 37.5 Å². The van der Waals surface area contributed by atoms with E-state index in [4.69, 9.17) is 4.74 Å². The van der Waals surface area contributed by atoms with Crippen LogP contribution in [0, 0.1) is 5.82 Å². The molecule has 8 heteroatoms. The number of alkyl halides is 3. The molecule has 1 saturated heterocycles. The second-order valence-electron chi connectivity index (χ2n) is 7.28. The molecule has 1 aromatic carbocycles. The molecule has 0 saturated carbocycles. The smallest absolute Gasteiger partial charge is 0.419 e. The van der Waals surface area contributed by atoms with Gasteiger partial charge >= 0.3 is 12.1 Å². The number of hydrogen-bond donors (Lipinski definition) is 0. The van der Waals surface area contributed by atoms with Gasteiger partial charge in [0.25, 0.3) is 5.91 Å². The van der Waals surface area contributed by atoms with Crippen molar-refractivity contribution < 1.29 is 31.9 Å². The Morgan fingerprint density at radius 1 is 1.14 bits per heavy atom. The Morgan fingerprint density at radius 3 is 2.48 bits per heavy atom. The first-order valence-electron chi connectivity index (χ1n) is 10.1. The van der Waals surface area contributed by atoms with Crippen molar-refractivity contribution in [3.63, 3.8) is 0 Å². The fourth-order valence-electron chi connectivity index (χ4n) is 3.45. The maximum Gasteiger partial charge on any atom is 0.419 e. The van der Waals surface area contributed by atoms with Gasteiger partial charge in [0.1, 0.15) is 11.9 Å². The van der Waals surface area contributed by atoms with Crippen molar-refractivity contribution in [2.75, 3.05) is 13.2 Å². The van der Waals surface area contributed by atoms with Gasteiger partial charge in [-0.25, -0.2) is 9.18 Å². The summed E-state index contributed by atoms with van der Waals surface area (Å²) in [6.45, 7) is 2.69. The summed E-state index contributed by atoms with van der Waals surface area (Å²) in [5.41, 5.74) is -1.64. The normalized spacial score (nSPS) is 16.9. The Kier molecular flexibility index (Phi) is 8.46. The highest BCUT2D eigenvalue weighted by Gasteiger charge is 2.37. The van der Waals surface area contributed by atoms with Crippen LogP contribution in [0.2, 0.25) is 0 Å². The van der Waals surface area contributed by atoms with Crippen LogP contribution in [0.15, 0.2) is 18.2 Å². The van der Waals surface area contributed by atoms with E-state index in [0.29, 0.717) is 25.0 Å². The molecule has 29 heavy (non-hydrogen) atoms. The Bertz CT molecular complexity index is 706. The summed E-state index contributed by atoms with van der Waals surface area (Å²) in [4.78, 5) is 26.2. The maximum atomic E-state index is 13.8. The van der Waals surface area contributed by atoms with Gasteiger partial charge in [0.15, 0.2) is 0 Å². The quantitative estimate of drug-likeness (QED) is 0.309. The fraction of sp³-hybridized carbons (Fsp3) is 0.619. The van der Waals surface area contributed by atoms with Crippen LogP contribution in [0.3, 0.4) is 0 Å². The number of carbonyl (C=O) groups excluding carboxylic acids is 2. The molecule has 0 N–H and O–H groups in total. The number of rotatable bonds is 9. The number of halogens is 4. The van der Waals surface area contributed by atoms with Crippen LogP contribution in [-0.4, -0.2) is 36.0 Å². The zero-order valence-electron chi connectivity index (χ0n) is 16.6. The second-order valence-corrected chi connectivity index (χ2v) is 7.28. The predicted octanol–water partition coefficient (Wildman–Crippen LogP) is 5.35. The van der Waals surface area contributed by atoms with Gasteiger partial charge in [-0.3, -0.25) is 4.79 Å². The van der Waals surface area contributed by atoms with Gasteiger partial charge in [-0.1, -0.05) is 39.0 Å². The number of unbranched alkanes of at least 4 members (excludes halogenated alkanes) is 5. The predicted molar refractivity (Wildman–Crippen MR) is 99.8 cm³/mol. The second kappa shape index (κ2) is 10.6. The van der Waals surface area contributed by atoms with Crippen LogP contribution >= 0.6 is 0 Å². The third-order valence-electron chi connectivity index (χ3n) is 5.05. The fourth-order valence-corrected chi connectivity index (χ4v) is 3.45. The lowest BCUT2D eigenvalue weighted by Gasteiger charge is -2.23. The lowest BCUT2D eigenvalue weighted by Crippen LogP contribution is -2.41. The van der Waals surface area contributed by atoms with E-state index >= 15 is 0 Å². The molecular weight excluding hydrogens is 390 g/mol. The van der Waals surface area contributed by atoms with E-state index in [1.54, 1.807) is 0 Å². The molecule has 0 spiro atoms. The van der Waals surface area contributed by atoms with Crippen LogP contribution in [0.5, 0.6) is 0 Å². The first-order chi connectivity index (χ1) is 13.8. The third kappa shape index (κ3) is 6.44. The molecule has 1 amide bonds. The van der Waals surface area contributed by atoms with Crippen LogP contribution in [0.4, 0.5) is 17.6 Å². The van der Waals surface area contributed by atoms with E-state index < -0.39 is 35.5 Å². The number of carbonyl (C=O) groups is 2. The largest absolute Gasteiger partial charge is 0.464 e. The van der Waals surface area contributed by atoms with Crippen molar-refractivity contribution in [2.45, 2.75) is 70.5 Å². The molecule has 4 nitrogen and oxygen atoms in total. The molecule has 0 aromatic heterocycles. The Morgan fingerprint density at radius 2 is 1.83 bits per heavy atom. The molecule has 162 valence electrons. The van der Waals surface area contributed by atoms with Gasteiger partial charge in [0, 0.05) is 12.1 Å². The standard InChI is InChI=1S/C21H27F4NO3/c1-2-3-4-5-6-7-13-29-20(28)18-9-8-12-26(18)19(27)15-10-11-16(17(22)14-15)21(23,24)25/h10-11,14,18H,2-9,12-13H2,1H3. The zero-order chi connectivity index (χ0) is 21.4. The summed E-state index contributed by atoms with van der Waals surface area (Å²) in [6.07, 6.45) is 2.45. The highest BCUT2D eigenvalue weighted by atomic mass is 19.4. The number of ether oxygens (including phenoxy) is 1. The summed E-state index contributed by atoms with van der Waals surface area (Å²) in [6, 6.07) is 1.27. The minimum atomic E-state index is -4.83. The lowest BCUT2D eigenvalue weighted by molar-refractivity contribution is -0.148. The van der Waals surface area contributed by atoms with Crippen LogP contribution in [0.1, 0.15) is 74.2 Å². The first kappa shape index (κ1) is 23.2. The van der Waals surface area contributed by atoms with E-state index in [-0.39, 0.29) is 18.7 Å². The third-order valence-corrected chi connectivity index (χ3v) is 5.05. The van der Waals surface area contributed by atoms with E-state index in [2.05, 4.69) is 6.92 Å². The van der Waals surface area contributed by atoms with Gasteiger partial charge in [-0.15, -0.1) is 0 Å². The van der Waals surface area contributed by atoms with E-state index in [1.807, 2.05) is 0 Å². The minimum absolute atomic E-state index is 0.217. The molecule has 1 unspecified atom stereocenters. The number of benzene rings is 1. The molecule has 0 bridgehead atoms. The van der Waals surface area contributed by atoms with Crippen molar-refractivity contribution in [2.24, 2.45) is 0 Å². The van der Waals surface area contributed by atoms with Crippen LogP contribution in [0.25, 0.3) is 0 Å². The van der Waals surface area contributed by atoms with Gasteiger partial charge in [-0.2, -0.15) is 13.2 Å². The van der Waals surface area contributed by atoms with E-state index in [9.17, 15) is 27.2 Å². The molecule has 0 aliphatic carbocycles. The molecule has 1 aromatic rings. The highest BCUT2D eigenvalue weighted by molar-refractivity contribution is 5.97. The summed E-state index contributed by atoms with van der Waals surface area (Å²) in [5, 5.41) is 0. The topological polar surface area (TPSA) is 46.6 Å². The van der Waals surface area contributed by atoms with Crippen molar-refractivity contribution in [3.05, 3.63) is 35.1 Å². The van der Waals surface area contributed by atoms with Crippen molar-refractivity contribution in [1.29, 1.82) is 0 Å². The molecule has 1 heterocycles. The molecule has 0 radical (unpaired) electrons. The van der Waals surface area contributed by atoms with E-state index in [0.717, 1.165) is 38.2 Å². The van der Waals surface area contributed by atoms with E-state index in [1.165, 1.54) is 11.3 Å². The average Bonchev–Trinajstić information content (AvgIpc) is 3.15. The van der Waals surface area contributed by atoms with Gasteiger partial charge in [0.2, 0.25) is 0 Å². The summed E-state index contributed by atoms with van der Waals surface area (Å²) in [5.74, 6) is -2.70. The maximum absolute atomic E-state index is 13.8. The highest BCUT2D eigenvalue weighted by Crippen LogP contribution is 2.32. The van der Waals surface area contributed by atoms with Gasteiger partial charge in [0.05, 0.1) is 12.2 Å². The number of amides is 1. The minimum Gasteiger partial charge on any atom is -0.464 e. The average molecular weight is 417 g/mol. The SMILES string of the molecule is CCCCCCCCOC(=O)C1CCCN1C(=O)c1ccc(C(F)(F)F)c(F)c1. The van der Waals surface area contributed by atoms with Crippen molar-refractivity contribution >= 4 is 11.9 Å². The van der Waals surface area contributed by atoms with Gasteiger partial charge < -0.3 is 9.64 Å². The summed E-state index contributed by atoms with van der Waals surface area (Å²) < 4.78 is 57.1. The number of hydrogen-bond acceptors (Lipinski definition) is 3. The van der Waals surface area contributed by atoms with Crippen molar-refractivity contribution in [3.8, 4) is 0 Å². The lowest BCUT2D eigenvalue weighted by atomic mass is 10.1.